The molecule has 1 unspecified atom stereocenters. The second-order valence-electron chi connectivity index (χ2n) is 4.37. The van der Waals surface area contributed by atoms with Gasteiger partial charge in [-0.2, -0.15) is 0 Å². The molecule has 1 atom stereocenters. The first-order valence-corrected chi connectivity index (χ1v) is 5.88. The Labute approximate surface area is 101 Å². The minimum absolute atomic E-state index is 0.161. The summed E-state index contributed by atoms with van der Waals surface area (Å²) in [5, 5.41) is 9.05. The Morgan fingerprint density at radius 3 is 2.88 bits per heavy atom. The predicted molar refractivity (Wildman–Crippen MR) is 63.4 cm³/mol. The van der Waals surface area contributed by atoms with Crippen molar-refractivity contribution in [3.8, 4) is 0 Å². The van der Waals surface area contributed by atoms with E-state index in [-0.39, 0.29) is 6.04 Å². The van der Waals surface area contributed by atoms with Crippen LogP contribution in [0.2, 0.25) is 0 Å². The van der Waals surface area contributed by atoms with Crippen LogP contribution in [0.25, 0.3) is 0 Å². The van der Waals surface area contributed by atoms with Crippen molar-refractivity contribution in [2.45, 2.75) is 13.0 Å². The number of carboxylic acids is 1. The van der Waals surface area contributed by atoms with Gasteiger partial charge in [-0.15, -0.1) is 0 Å². The summed E-state index contributed by atoms with van der Waals surface area (Å²) in [6, 6.07) is 3.58. The molecule has 17 heavy (non-hydrogen) atoms. The Kier molecular flexibility index (Phi) is 3.81. The Balaban J connectivity index is 2.00. The minimum Gasteiger partial charge on any atom is -0.477 e. The lowest BCUT2D eigenvalue weighted by atomic mass is 10.2. The Bertz CT molecular complexity index is 383. The maximum atomic E-state index is 11.0. The number of rotatable bonds is 4. The molecule has 1 aliphatic heterocycles. The average Bonchev–Trinajstić information content (AvgIpc) is 2.79. The molecule has 0 bridgehead atoms. The number of aromatic carboxylic acids is 1. The summed E-state index contributed by atoms with van der Waals surface area (Å²) in [6.07, 6.45) is 1.83. The summed E-state index contributed by atoms with van der Waals surface area (Å²) in [5.41, 5.74) is 0.353. The van der Waals surface area contributed by atoms with Crippen molar-refractivity contribution in [2.24, 2.45) is 0 Å². The second-order valence-corrected chi connectivity index (χ2v) is 4.37. The number of nitrogens with zero attached hydrogens (tertiary/aromatic N) is 2. The highest BCUT2D eigenvalue weighted by Gasteiger charge is 2.18. The second kappa shape index (κ2) is 5.33. The van der Waals surface area contributed by atoms with E-state index in [9.17, 15) is 4.79 Å². The molecule has 1 aromatic heterocycles. The smallest absolute Gasteiger partial charge is 0.352 e. The first kappa shape index (κ1) is 12.1. The van der Waals surface area contributed by atoms with Gasteiger partial charge in [-0.25, -0.2) is 4.79 Å². The zero-order valence-electron chi connectivity index (χ0n) is 10.0. The molecule has 0 aliphatic carbocycles. The molecule has 2 heterocycles. The first-order valence-electron chi connectivity index (χ1n) is 5.88. The molecular formula is C12H18N2O3. The Morgan fingerprint density at radius 2 is 2.24 bits per heavy atom. The van der Waals surface area contributed by atoms with Gasteiger partial charge in [-0.3, -0.25) is 4.90 Å². The van der Waals surface area contributed by atoms with Gasteiger partial charge in [0, 0.05) is 31.9 Å². The van der Waals surface area contributed by atoms with Gasteiger partial charge >= 0.3 is 5.97 Å². The van der Waals surface area contributed by atoms with Crippen LogP contribution in [0, 0.1) is 0 Å². The fraction of sp³-hybridized carbons (Fsp3) is 0.583. The number of carbonyl (C=O) groups is 1. The third kappa shape index (κ3) is 2.87. The van der Waals surface area contributed by atoms with Crippen LogP contribution in [-0.2, 0) is 4.74 Å². The van der Waals surface area contributed by atoms with Crippen molar-refractivity contribution in [2.75, 3.05) is 32.8 Å². The highest BCUT2D eigenvalue weighted by atomic mass is 16.5. The number of aromatic nitrogens is 1. The van der Waals surface area contributed by atoms with Crippen LogP contribution in [0.15, 0.2) is 18.3 Å². The summed E-state index contributed by atoms with van der Waals surface area (Å²) in [6.45, 7) is 6.29. The maximum absolute atomic E-state index is 11.0. The van der Waals surface area contributed by atoms with E-state index in [2.05, 4.69) is 4.90 Å². The van der Waals surface area contributed by atoms with Gasteiger partial charge in [0.15, 0.2) is 0 Å². The zero-order valence-corrected chi connectivity index (χ0v) is 10.0. The van der Waals surface area contributed by atoms with E-state index in [0.29, 0.717) is 5.69 Å². The molecule has 1 aliphatic rings. The zero-order chi connectivity index (χ0) is 12.3. The monoisotopic (exact) mass is 238 g/mol. The largest absolute Gasteiger partial charge is 0.477 e. The summed E-state index contributed by atoms with van der Waals surface area (Å²) in [4.78, 5) is 13.3. The van der Waals surface area contributed by atoms with Crippen LogP contribution in [-0.4, -0.2) is 53.4 Å². The minimum atomic E-state index is -0.871. The molecule has 1 N–H and O–H groups in total. The van der Waals surface area contributed by atoms with Gasteiger partial charge in [0.05, 0.1) is 13.2 Å². The van der Waals surface area contributed by atoms with Gasteiger partial charge in [0.1, 0.15) is 5.69 Å². The topological polar surface area (TPSA) is 54.7 Å². The molecule has 0 radical (unpaired) electrons. The summed E-state index contributed by atoms with van der Waals surface area (Å²) in [5.74, 6) is -0.871. The lowest BCUT2D eigenvalue weighted by Crippen LogP contribution is -2.39. The van der Waals surface area contributed by atoms with Gasteiger partial charge in [-0.05, 0) is 19.1 Å². The van der Waals surface area contributed by atoms with Crippen molar-refractivity contribution in [3.63, 3.8) is 0 Å². The predicted octanol–water partition coefficient (Wildman–Crippen LogP) is 1.08. The van der Waals surface area contributed by atoms with Crippen LogP contribution in [0.1, 0.15) is 23.5 Å². The SMILES string of the molecule is CC(CN1CCOCC1)n1cccc1C(=O)O. The van der Waals surface area contributed by atoms with Crippen molar-refractivity contribution >= 4 is 5.97 Å². The molecule has 0 aromatic carbocycles. The molecule has 0 spiro atoms. The van der Waals surface area contributed by atoms with E-state index in [1.807, 2.05) is 17.7 Å². The van der Waals surface area contributed by atoms with Crippen LogP contribution in [0.5, 0.6) is 0 Å². The highest BCUT2D eigenvalue weighted by molar-refractivity contribution is 5.85. The first-order chi connectivity index (χ1) is 8.18. The number of morpholine rings is 1. The van der Waals surface area contributed by atoms with Crippen molar-refractivity contribution in [3.05, 3.63) is 24.0 Å². The number of carboxylic acid groups (broad SMARTS) is 1. The molecule has 1 fully saturated rings. The number of hydrogen-bond acceptors (Lipinski definition) is 3. The molecule has 1 saturated heterocycles. The summed E-state index contributed by atoms with van der Waals surface area (Å²) in [7, 11) is 0. The quantitative estimate of drug-likeness (QED) is 0.852. The summed E-state index contributed by atoms with van der Waals surface area (Å²) < 4.78 is 7.11. The fourth-order valence-electron chi connectivity index (χ4n) is 2.20. The van der Waals surface area contributed by atoms with E-state index in [1.165, 1.54) is 0 Å². The van der Waals surface area contributed by atoms with Crippen molar-refractivity contribution < 1.29 is 14.6 Å². The van der Waals surface area contributed by atoms with Crippen LogP contribution in [0.3, 0.4) is 0 Å². The molecule has 94 valence electrons. The Hall–Kier alpha value is -1.33. The van der Waals surface area contributed by atoms with E-state index in [1.54, 1.807) is 12.1 Å². The molecule has 5 nitrogen and oxygen atoms in total. The van der Waals surface area contributed by atoms with E-state index in [0.717, 1.165) is 32.8 Å². The maximum Gasteiger partial charge on any atom is 0.352 e. The third-order valence-corrected chi connectivity index (χ3v) is 3.10. The van der Waals surface area contributed by atoms with Crippen LogP contribution < -0.4 is 0 Å². The van der Waals surface area contributed by atoms with Crippen LogP contribution in [0.4, 0.5) is 0 Å². The van der Waals surface area contributed by atoms with E-state index < -0.39 is 5.97 Å². The molecular weight excluding hydrogens is 220 g/mol. The molecule has 5 heteroatoms. The van der Waals surface area contributed by atoms with Crippen LogP contribution >= 0.6 is 0 Å². The average molecular weight is 238 g/mol. The number of hydrogen-bond donors (Lipinski definition) is 1. The normalized spacial score (nSPS) is 19.1. The van der Waals surface area contributed by atoms with Crippen molar-refractivity contribution in [1.29, 1.82) is 0 Å². The Morgan fingerprint density at radius 1 is 1.53 bits per heavy atom. The summed E-state index contributed by atoms with van der Waals surface area (Å²) >= 11 is 0. The lowest BCUT2D eigenvalue weighted by molar-refractivity contribution is 0.0321. The molecule has 0 amide bonds. The van der Waals surface area contributed by atoms with Crippen molar-refractivity contribution in [1.82, 2.24) is 9.47 Å². The third-order valence-electron chi connectivity index (χ3n) is 3.10. The standard InChI is InChI=1S/C12H18N2O3/c1-10(9-13-5-7-17-8-6-13)14-4-2-3-11(14)12(15)16/h2-4,10H,5-9H2,1H3,(H,15,16). The molecule has 2 rings (SSSR count). The molecule has 1 aromatic rings. The fourth-order valence-corrected chi connectivity index (χ4v) is 2.20. The molecule has 0 saturated carbocycles. The number of ether oxygens (including phenoxy) is 1. The van der Waals surface area contributed by atoms with E-state index >= 15 is 0 Å². The lowest BCUT2D eigenvalue weighted by Gasteiger charge is -2.30. The highest BCUT2D eigenvalue weighted by Crippen LogP contribution is 2.14. The van der Waals surface area contributed by atoms with Gasteiger partial charge in [-0.1, -0.05) is 0 Å². The van der Waals surface area contributed by atoms with Gasteiger partial charge < -0.3 is 14.4 Å². The van der Waals surface area contributed by atoms with Gasteiger partial charge in [0.25, 0.3) is 0 Å². The van der Waals surface area contributed by atoms with E-state index in [4.69, 9.17) is 9.84 Å². The van der Waals surface area contributed by atoms with Gasteiger partial charge in [0.2, 0.25) is 0 Å².